The Morgan fingerprint density at radius 1 is 1.42 bits per heavy atom. The van der Waals surface area contributed by atoms with E-state index < -0.39 is 10.0 Å². The number of hydrogen-bond donors (Lipinski definition) is 2. The van der Waals surface area contributed by atoms with Crippen molar-refractivity contribution >= 4 is 21.4 Å². The molecule has 0 amide bonds. The molecule has 0 aliphatic carbocycles. The van der Waals surface area contributed by atoms with E-state index in [0.717, 1.165) is 42.6 Å². The van der Waals surface area contributed by atoms with Gasteiger partial charge in [-0.2, -0.15) is 0 Å². The third-order valence-corrected chi connectivity index (χ3v) is 6.29. The first kappa shape index (κ1) is 16.6. The molecule has 0 fully saturated rings. The second kappa shape index (κ2) is 7.38. The van der Waals surface area contributed by atoms with E-state index >= 15 is 0 Å². The van der Waals surface area contributed by atoms with Gasteiger partial charge in [-0.25, -0.2) is 13.1 Å². The van der Waals surface area contributed by atoms with Gasteiger partial charge in [-0.05, 0) is 31.9 Å². The van der Waals surface area contributed by atoms with Crippen LogP contribution in [0.1, 0.15) is 50.0 Å². The molecule has 0 aromatic carbocycles. The van der Waals surface area contributed by atoms with Gasteiger partial charge in [-0.3, -0.25) is 0 Å². The van der Waals surface area contributed by atoms with Crippen molar-refractivity contribution in [3.8, 4) is 0 Å². The predicted molar refractivity (Wildman–Crippen MR) is 78.9 cm³/mol. The normalized spacial score (nSPS) is 13.7. The highest BCUT2D eigenvalue weighted by atomic mass is 32.2. The molecule has 0 spiro atoms. The Labute approximate surface area is 119 Å². The summed E-state index contributed by atoms with van der Waals surface area (Å²) in [7, 11) is -3.45. The highest BCUT2D eigenvalue weighted by Crippen LogP contribution is 2.26. The van der Waals surface area contributed by atoms with E-state index in [1.807, 2.05) is 13.8 Å². The van der Waals surface area contributed by atoms with Gasteiger partial charge in [0, 0.05) is 10.9 Å². The third kappa shape index (κ3) is 4.87. The number of aryl methyl sites for hydroxylation is 1. The van der Waals surface area contributed by atoms with E-state index in [2.05, 4.69) is 11.6 Å². The molecule has 0 saturated heterocycles. The zero-order chi connectivity index (χ0) is 14.5. The molecule has 1 rings (SSSR count). The first-order chi connectivity index (χ1) is 8.90. The first-order valence-corrected chi connectivity index (χ1v) is 8.93. The molecule has 110 valence electrons. The summed E-state index contributed by atoms with van der Waals surface area (Å²) < 4.78 is 27.3. The molecule has 1 aromatic rings. The minimum atomic E-state index is -3.45. The maximum absolute atomic E-state index is 12.2. The van der Waals surface area contributed by atoms with Crippen LogP contribution in [0.25, 0.3) is 0 Å². The topological polar surface area (TPSA) is 66.4 Å². The van der Waals surface area contributed by atoms with Gasteiger partial charge in [0.1, 0.15) is 4.21 Å². The van der Waals surface area contributed by atoms with Crippen molar-refractivity contribution in [3.63, 3.8) is 0 Å². The van der Waals surface area contributed by atoms with E-state index in [9.17, 15) is 8.42 Å². The fourth-order valence-corrected chi connectivity index (χ4v) is 4.60. The summed E-state index contributed by atoms with van der Waals surface area (Å²) in [6.45, 7) is 5.71. The number of unbranched alkanes of at least 4 members (excludes halogenated alkanes) is 2. The van der Waals surface area contributed by atoms with E-state index in [1.54, 1.807) is 6.07 Å². The minimum absolute atomic E-state index is 0.0588. The Balaban J connectivity index is 2.69. The summed E-state index contributed by atoms with van der Waals surface area (Å²) in [5, 5.41) is 9.12. The Bertz CT molecular complexity index is 494. The molecule has 0 radical (unpaired) electrons. The van der Waals surface area contributed by atoms with Crippen LogP contribution in [-0.2, 0) is 16.6 Å². The van der Waals surface area contributed by atoms with Gasteiger partial charge >= 0.3 is 0 Å². The lowest BCUT2D eigenvalue weighted by atomic mass is 10.1. The molecular weight excluding hydrogens is 282 g/mol. The zero-order valence-corrected chi connectivity index (χ0v) is 13.4. The van der Waals surface area contributed by atoms with Crippen LogP contribution in [0.5, 0.6) is 0 Å². The van der Waals surface area contributed by atoms with E-state index in [-0.39, 0.29) is 16.9 Å². The van der Waals surface area contributed by atoms with Crippen LogP contribution in [-0.4, -0.2) is 19.6 Å². The van der Waals surface area contributed by atoms with Gasteiger partial charge in [0.15, 0.2) is 0 Å². The van der Waals surface area contributed by atoms with Crippen molar-refractivity contribution in [1.82, 2.24) is 4.72 Å². The maximum Gasteiger partial charge on any atom is 0.250 e. The van der Waals surface area contributed by atoms with Gasteiger partial charge in [0.25, 0.3) is 0 Å². The molecule has 1 atom stereocenters. The monoisotopic (exact) mass is 305 g/mol. The van der Waals surface area contributed by atoms with Crippen LogP contribution in [0.3, 0.4) is 0 Å². The number of aliphatic hydroxyl groups excluding tert-OH is 1. The first-order valence-electron chi connectivity index (χ1n) is 6.63. The molecule has 0 saturated carbocycles. The van der Waals surface area contributed by atoms with E-state index in [4.69, 9.17) is 5.11 Å². The minimum Gasteiger partial charge on any atom is -0.391 e. The quantitative estimate of drug-likeness (QED) is 0.726. The highest BCUT2D eigenvalue weighted by Gasteiger charge is 2.20. The molecule has 1 unspecified atom stereocenters. The predicted octanol–water partition coefficient (Wildman–Crippen LogP) is 2.80. The average Bonchev–Trinajstić information content (AvgIpc) is 2.71. The molecule has 19 heavy (non-hydrogen) atoms. The molecule has 0 aliphatic rings. The van der Waals surface area contributed by atoms with Crippen molar-refractivity contribution in [3.05, 3.63) is 16.5 Å². The lowest BCUT2D eigenvalue weighted by Crippen LogP contribution is -2.32. The molecule has 2 N–H and O–H groups in total. The Morgan fingerprint density at radius 2 is 2.11 bits per heavy atom. The summed E-state index contributed by atoms with van der Waals surface area (Å²) in [4.78, 5) is 0.707. The SMILES string of the molecule is CCCCCC(C)NS(=O)(=O)c1cc(C)c(CO)s1. The smallest absolute Gasteiger partial charge is 0.250 e. The van der Waals surface area contributed by atoms with Crippen LogP contribution in [0, 0.1) is 6.92 Å². The van der Waals surface area contributed by atoms with E-state index in [0.29, 0.717) is 4.88 Å². The Morgan fingerprint density at radius 3 is 2.63 bits per heavy atom. The van der Waals surface area contributed by atoms with Gasteiger partial charge in [-0.1, -0.05) is 26.2 Å². The number of nitrogens with one attached hydrogen (secondary N) is 1. The van der Waals surface area contributed by atoms with Crippen molar-refractivity contribution in [2.75, 3.05) is 0 Å². The fraction of sp³-hybridized carbons (Fsp3) is 0.692. The molecule has 6 heteroatoms. The molecule has 1 aromatic heterocycles. The van der Waals surface area contributed by atoms with Crippen molar-refractivity contribution < 1.29 is 13.5 Å². The summed E-state index contributed by atoms with van der Waals surface area (Å²) in [5.41, 5.74) is 0.825. The van der Waals surface area contributed by atoms with Crippen molar-refractivity contribution in [2.45, 2.75) is 63.3 Å². The van der Waals surface area contributed by atoms with Crippen molar-refractivity contribution in [1.29, 1.82) is 0 Å². The van der Waals surface area contributed by atoms with Gasteiger partial charge < -0.3 is 5.11 Å². The summed E-state index contributed by atoms with van der Waals surface area (Å²) >= 11 is 1.14. The Hall–Kier alpha value is -0.430. The number of sulfonamides is 1. The molecule has 0 bridgehead atoms. The lowest BCUT2D eigenvalue weighted by molar-refractivity contribution is 0.285. The van der Waals surface area contributed by atoms with E-state index in [1.165, 1.54) is 0 Å². The second-order valence-electron chi connectivity index (χ2n) is 4.85. The number of aliphatic hydroxyl groups is 1. The van der Waals surface area contributed by atoms with Crippen molar-refractivity contribution in [2.24, 2.45) is 0 Å². The molecular formula is C13H23NO3S2. The van der Waals surface area contributed by atoms with Gasteiger partial charge in [-0.15, -0.1) is 11.3 Å². The van der Waals surface area contributed by atoms with Gasteiger partial charge in [0.2, 0.25) is 10.0 Å². The molecule has 1 heterocycles. The fourth-order valence-electron chi connectivity index (χ4n) is 1.86. The lowest BCUT2D eigenvalue weighted by Gasteiger charge is -2.12. The Kier molecular flexibility index (Phi) is 6.46. The zero-order valence-electron chi connectivity index (χ0n) is 11.8. The standard InChI is InChI=1S/C13H23NO3S2/c1-4-5-6-7-11(3)14-19(16,17)13-8-10(2)12(9-15)18-13/h8,11,14-15H,4-7,9H2,1-3H3. The van der Waals surface area contributed by atoms with Crippen LogP contribution in [0.2, 0.25) is 0 Å². The number of thiophene rings is 1. The third-order valence-electron chi connectivity index (χ3n) is 3.00. The second-order valence-corrected chi connectivity index (χ2v) is 7.93. The van der Waals surface area contributed by atoms with Crippen LogP contribution in [0.4, 0.5) is 0 Å². The summed E-state index contributed by atoms with van der Waals surface area (Å²) in [6.07, 6.45) is 4.14. The maximum atomic E-state index is 12.2. The van der Waals surface area contributed by atoms with Crippen LogP contribution >= 0.6 is 11.3 Å². The number of hydrogen-bond acceptors (Lipinski definition) is 4. The molecule has 4 nitrogen and oxygen atoms in total. The summed E-state index contributed by atoms with van der Waals surface area (Å²) in [6, 6.07) is 1.56. The largest absolute Gasteiger partial charge is 0.391 e. The number of rotatable bonds is 8. The summed E-state index contributed by atoms with van der Waals surface area (Å²) in [5.74, 6) is 0. The molecule has 0 aliphatic heterocycles. The average molecular weight is 305 g/mol. The van der Waals surface area contributed by atoms with Crippen LogP contribution < -0.4 is 4.72 Å². The highest BCUT2D eigenvalue weighted by molar-refractivity contribution is 7.91. The van der Waals surface area contributed by atoms with Gasteiger partial charge in [0.05, 0.1) is 6.61 Å². The van der Waals surface area contributed by atoms with Crippen LogP contribution in [0.15, 0.2) is 10.3 Å².